The number of allylic oxidation sites excluding steroid dienone is 2. The summed E-state index contributed by atoms with van der Waals surface area (Å²) in [4.78, 5) is 12.1. The largest absolute Gasteiger partial charge is 0.460 e. The SMILES string of the molecule is C/C=C\[C@@H]1[C@@H](C(=O)OCc2c(F)c(F)c(C)c(F)c2F)C1(C)C. The first-order valence-corrected chi connectivity index (χ1v) is 7.25. The van der Waals surface area contributed by atoms with Crippen molar-refractivity contribution in [2.75, 3.05) is 0 Å². The topological polar surface area (TPSA) is 26.3 Å². The molecule has 0 N–H and O–H groups in total. The zero-order chi connectivity index (χ0) is 17.5. The number of esters is 1. The minimum Gasteiger partial charge on any atom is -0.460 e. The first-order chi connectivity index (χ1) is 10.6. The van der Waals surface area contributed by atoms with Crippen LogP contribution in [0.4, 0.5) is 17.6 Å². The van der Waals surface area contributed by atoms with Crippen molar-refractivity contribution < 1.29 is 27.1 Å². The Labute approximate surface area is 132 Å². The van der Waals surface area contributed by atoms with Crippen LogP contribution in [0, 0.1) is 47.4 Å². The van der Waals surface area contributed by atoms with E-state index in [1.807, 2.05) is 32.9 Å². The fourth-order valence-electron chi connectivity index (χ4n) is 2.84. The van der Waals surface area contributed by atoms with Crippen LogP contribution in [0.3, 0.4) is 0 Å². The normalized spacial score (nSPS) is 22.4. The second-order valence-electron chi connectivity index (χ2n) is 6.32. The van der Waals surface area contributed by atoms with Gasteiger partial charge in [-0.2, -0.15) is 0 Å². The minimum absolute atomic E-state index is 0.0267. The van der Waals surface area contributed by atoms with E-state index in [9.17, 15) is 22.4 Å². The van der Waals surface area contributed by atoms with E-state index in [0.717, 1.165) is 6.92 Å². The van der Waals surface area contributed by atoms with Crippen LogP contribution >= 0.6 is 0 Å². The summed E-state index contributed by atoms with van der Waals surface area (Å²) in [6, 6.07) is 0. The summed E-state index contributed by atoms with van der Waals surface area (Å²) in [6.45, 7) is 5.64. The van der Waals surface area contributed by atoms with E-state index < -0.39 is 52.9 Å². The lowest BCUT2D eigenvalue weighted by atomic mass is 10.1. The van der Waals surface area contributed by atoms with Crippen molar-refractivity contribution in [1.82, 2.24) is 0 Å². The van der Waals surface area contributed by atoms with Crippen molar-refractivity contribution in [1.29, 1.82) is 0 Å². The lowest BCUT2D eigenvalue weighted by Crippen LogP contribution is -2.14. The smallest absolute Gasteiger partial charge is 0.310 e. The van der Waals surface area contributed by atoms with E-state index in [1.54, 1.807) is 0 Å². The maximum absolute atomic E-state index is 13.7. The molecule has 0 radical (unpaired) electrons. The van der Waals surface area contributed by atoms with E-state index in [4.69, 9.17) is 4.74 Å². The molecule has 0 amide bonds. The molecule has 1 saturated carbocycles. The summed E-state index contributed by atoms with van der Waals surface area (Å²) < 4.78 is 59.3. The summed E-state index contributed by atoms with van der Waals surface area (Å²) in [5, 5.41) is 0. The predicted octanol–water partition coefficient (Wildman–Crippen LogP) is 4.44. The van der Waals surface area contributed by atoms with E-state index in [2.05, 4.69) is 0 Å². The number of carbonyl (C=O) groups is 1. The van der Waals surface area contributed by atoms with Gasteiger partial charge in [-0.1, -0.05) is 26.0 Å². The summed E-state index contributed by atoms with van der Waals surface area (Å²) in [5.41, 5.74) is -1.98. The zero-order valence-corrected chi connectivity index (χ0v) is 13.3. The maximum Gasteiger partial charge on any atom is 0.310 e. The Morgan fingerprint density at radius 3 is 2.13 bits per heavy atom. The van der Waals surface area contributed by atoms with Gasteiger partial charge in [0.15, 0.2) is 23.3 Å². The third-order valence-corrected chi connectivity index (χ3v) is 4.50. The summed E-state index contributed by atoms with van der Waals surface area (Å²) in [7, 11) is 0. The van der Waals surface area contributed by atoms with Crippen molar-refractivity contribution in [2.45, 2.75) is 34.3 Å². The van der Waals surface area contributed by atoms with Crippen molar-refractivity contribution in [3.63, 3.8) is 0 Å². The van der Waals surface area contributed by atoms with Crippen LogP contribution in [0.15, 0.2) is 12.2 Å². The molecule has 6 heteroatoms. The summed E-state index contributed by atoms with van der Waals surface area (Å²) >= 11 is 0. The number of ether oxygens (including phenoxy) is 1. The Morgan fingerprint density at radius 1 is 1.13 bits per heavy atom. The van der Waals surface area contributed by atoms with Gasteiger partial charge in [0, 0.05) is 5.56 Å². The van der Waals surface area contributed by atoms with Gasteiger partial charge in [0.05, 0.1) is 11.5 Å². The van der Waals surface area contributed by atoms with Gasteiger partial charge in [0.2, 0.25) is 0 Å². The minimum atomic E-state index is -1.53. The molecule has 2 atom stereocenters. The molecule has 0 saturated heterocycles. The molecule has 0 spiro atoms. The average molecular weight is 330 g/mol. The maximum atomic E-state index is 13.7. The number of rotatable bonds is 4. The monoisotopic (exact) mass is 330 g/mol. The molecule has 23 heavy (non-hydrogen) atoms. The van der Waals surface area contributed by atoms with E-state index >= 15 is 0 Å². The molecule has 2 nitrogen and oxygen atoms in total. The number of hydrogen-bond acceptors (Lipinski definition) is 2. The fraction of sp³-hybridized carbons (Fsp3) is 0.471. The second kappa shape index (κ2) is 5.98. The molecular weight excluding hydrogens is 312 g/mol. The lowest BCUT2D eigenvalue weighted by molar-refractivity contribution is -0.147. The molecular formula is C17H18F4O2. The van der Waals surface area contributed by atoms with Crippen LogP contribution < -0.4 is 0 Å². The molecule has 0 heterocycles. The van der Waals surface area contributed by atoms with Crippen LogP contribution in [-0.2, 0) is 16.1 Å². The highest BCUT2D eigenvalue weighted by Crippen LogP contribution is 2.59. The Balaban J connectivity index is 2.15. The summed E-state index contributed by atoms with van der Waals surface area (Å²) in [6.07, 6.45) is 3.67. The Kier molecular flexibility index (Phi) is 4.55. The van der Waals surface area contributed by atoms with E-state index in [0.29, 0.717) is 0 Å². The fourth-order valence-corrected chi connectivity index (χ4v) is 2.84. The Morgan fingerprint density at radius 2 is 1.65 bits per heavy atom. The molecule has 0 bridgehead atoms. The third-order valence-electron chi connectivity index (χ3n) is 4.50. The number of benzene rings is 1. The quantitative estimate of drug-likeness (QED) is 0.353. The van der Waals surface area contributed by atoms with Crippen LogP contribution in [0.2, 0.25) is 0 Å². The molecule has 1 fully saturated rings. The van der Waals surface area contributed by atoms with Crippen molar-refractivity contribution in [2.24, 2.45) is 17.3 Å². The molecule has 1 aromatic carbocycles. The van der Waals surface area contributed by atoms with Crippen molar-refractivity contribution in [3.8, 4) is 0 Å². The van der Waals surface area contributed by atoms with Gasteiger partial charge in [-0.25, -0.2) is 17.6 Å². The van der Waals surface area contributed by atoms with Crippen LogP contribution in [0.5, 0.6) is 0 Å². The van der Waals surface area contributed by atoms with Crippen molar-refractivity contribution in [3.05, 3.63) is 46.5 Å². The molecule has 1 aliphatic carbocycles. The molecule has 0 unspecified atom stereocenters. The highest BCUT2D eigenvalue weighted by Gasteiger charge is 2.61. The number of halogens is 4. The second-order valence-corrected chi connectivity index (χ2v) is 6.32. The Hall–Kier alpha value is -1.85. The van der Waals surface area contributed by atoms with Gasteiger partial charge < -0.3 is 4.74 Å². The first-order valence-electron chi connectivity index (χ1n) is 7.25. The average Bonchev–Trinajstić information content (AvgIpc) is 3.04. The number of carbonyl (C=O) groups excluding carboxylic acids is 1. The predicted molar refractivity (Wildman–Crippen MR) is 76.4 cm³/mol. The molecule has 2 rings (SSSR count). The van der Waals surface area contributed by atoms with Gasteiger partial charge in [-0.15, -0.1) is 0 Å². The van der Waals surface area contributed by atoms with Gasteiger partial charge in [0.1, 0.15) is 6.61 Å². The molecule has 0 aromatic heterocycles. The van der Waals surface area contributed by atoms with Crippen LogP contribution in [0.25, 0.3) is 0 Å². The van der Waals surface area contributed by atoms with Crippen LogP contribution in [0.1, 0.15) is 31.9 Å². The first kappa shape index (κ1) is 17.5. The van der Waals surface area contributed by atoms with Gasteiger partial charge in [-0.3, -0.25) is 4.79 Å². The Bertz CT molecular complexity index is 651. The highest BCUT2D eigenvalue weighted by atomic mass is 19.2. The van der Waals surface area contributed by atoms with Gasteiger partial charge in [0.25, 0.3) is 0 Å². The third kappa shape index (κ3) is 2.86. The molecule has 0 aliphatic heterocycles. The van der Waals surface area contributed by atoms with Gasteiger partial charge >= 0.3 is 5.97 Å². The van der Waals surface area contributed by atoms with Gasteiger partial charge in [-0.05, 0) is 25.2 Å². The summed E-state index contributed by atoms with van der Waals surface area (Å²) in [5.74, 6) is -7.13. The zero-order valence-electron chi connectivity index (χ0n) is 13.3. The van der Waals surface area contributed by atoms with E-state index in [-0.39, 0.29) is 11.3 Å². The van der Waals surface area contributed by atoms with Crippen LogP contribution in [-0.4, -0.2) is 5.97 Å². The van der Waals surface area contributed by atoms with Crippen molar-refractivity contribution >= 4 is 5.97 Å². The standard InChI is InChI=1S/C17H18F4O2/c1-5-6-10-11(17(10,3)4)16(22)23-7-9-14(20)12(18)8(2)13(19)15(9)21/h5-6,10-11H,7H2,1-4H3/b6-5-/t10-,11+/m1/s1. The molecule has 126 valence electrons. The lowest BCUT2D eigenvalue weighted by Gasteiger charge is -2.10. The van der Waals surface area contributed by atoms with E-state index in [1.165, 1.54) is 0 Å². The number of hydrogen-bond donors (Lipinski definition) is 0. The highest BCUT2D eigenvalue weighted by molar-refractivity contribution is 5.78. The molecule has 1 aliphatic rings. The molecule has 1 aromatic rings.